The van der Waals surface area contributed by atoms with E-state index >= 15 is 0 Å². The summed E-state index contributed by atoms with van der Waals surface area (Å²) in [6, 6.07) is -0.0175. The van der Waals surface area contributed by atoms with Gasteiger partial charge in [0.25, 0.3) is 0 Å². The number of carbonyl (C=O) groups is 1. The van der Waals surface area contributed by atoms with Crippen LogP contribution in [0.5, 0.6) is 0 Å². The van der Waals surface area contributed by atoms with Crippen molar-refractivity contribution in [2.75, 3.05) is 19.9 Å². The molecule has 2 N–H and O–H groups in total. The van der Waals surface area contributed by atoms with Crippen molar-refractivity contribution >= 4 is 51.4 Å². The molecular formula is C11H14IN5O2S. The van der Waals surface area contributed by atoms with Gasteiger partial charge in [0.1, 0.15) is 8.73 Å². The van der Waals surface area contributed by atoms with E-state index in [4.69, 9.17) is 5.73 Å². The summed E-state index contributed by atoms with van der Waals surface area (Å²) in [4.78, 5) is 20.2. The number of ether oxygens (including phenoxy) is 1. The van der Waals surface area contributed by atoms with Crippen LogP contribution in [0.3, 0.4) is 0 Å². The number of hydrogen-bond donors (Lipinski definition) is 1. The first-order valence-corrected chi connectivity index (χ1v) is 8.12. The number of esters is 1. The van der Waals surface area contributed by atoms with E-state index in [1.165, 1.54) is 18.9 Å². The Kier molecular flexibility index (Phi) is 4.81. The van der Waals surface area contributed by atoms with E-state index in [0.717, 1.165) is 9.09 Å². The van der Waals surface area contributed by atoms with Gasteiger partial charge in [0.2, 0.25) is 5.82 Å². The molecule has 0 aliphatic carbocycles. The molecule has 0 aromatic carbocycles. The lowest BCUT2D eigenvalue weighted by atomic mass is 10.3. The summed E-state index contributed by atoms with van der Waals surface area (Å²) < 4.78 is 7.21. The van der Waals surface area contributed by atoms with Gasteiger partial charge in [0, 0.05) is 6.54 Å². The van der Waals surface area contributed by atoms with Gasteiger partial charge in [-0.05, 0) is 35.8 Å². The maximum Gasteiger partial charge on any atom is 0.376 e. The molecule has 2 aromatic heterocycles. The number of aromatic nitrogens is 4. The van der Waals surface area contributed by atoms with Gasteiger partial charge in [-0.1, -0.05) is 0 Å². The average Bonchev–Trinajstić information content (AvgIpc) is 2.81. The number of carbonyl (C=O) groups excluding carboxylic acids is 1. The highest BCUT2D eigenvalue weighted by molar-refractivity contribution is 14.1. The van der Waals surface area contributed by atoms with Crippen LogP contribution in [0.25, 0.3) is 11.0 Å². The second-order valence-corrected chi connectivity index (χ2v) is 5.88. The van der Waals surface area contributed by atoms with Crippen molar-refractivity contribution in [1.29, 1.82) is 0 Å². The molecule has 0 radical (unpaired) electrons. The molecule has 0 fully saturated rings. The molecule has 0 aliphatic heterocycles. The molecular weight excluding hydrogens is 393 g/mol. The molecule has 9 heteroatoms. The van der Waals surface area contributed by atoms with E-state index in [0.29, 0.717) is 17.2 Å². The fourth-order valence-corrected chi connectivity index (χ4v) is 3.19. The van der Waals surface area contributed by atoms with Crippen molar-refractivity contribution in [1.82, 2.24) is 19.7 Å². The van der Waals surface area contributed by atoms with Crippen LogP contribution in [0.1, 0.15) is 23.6 Å². The van der Waals surface area contributed by atoms with Crippen molar-refractivity contribution in [3.05, 3.63) is 9.53 Å². The lowest BCUT2D eigenvalue weighted by molar-refractivity contribution is 0.0586. The topological polar surface area (TPSA) is 95.9 Å². The van der Waals surface area contributed by atoms with E-state index in [9.17, 15) is 4.79 Å². The molecule has 1 atom stereocenters. The molecule has 0 aliphatic rings. The van der Waals surface area contributed by atoms with Crippen LogP contribution in [-0.2, 0) is 4.74 Å². The van der Waals surface area contributed by atoms with Crippen LogP contribution >= 0.6 is 34.4 Å². The quantitative estimate of drug-likeness (QED) is 0.355. The molecule has 0 spiro atoms. The van der Waals surface area contributed by atoms with Crippen molar-refractivity contribution in [2.45, 2.75) is 18.0 Å². The van der Waals surface area contributed by atoms with Crippen LogP contribution < -0.4 is 5.73 Å². The Morgan fingerprint density at radius 3 is 2.80 bits per heavy atom. The van der Waals surface area contributed by atoms with E-state index in [1.807, 2.05) is 13.2 Å². The molecule has 20 heavy (non-hydrogen) atoms. The molecule has 108 valence electrons. The van der Waals surface area contributed by atoms with Gasteiger partial charge in [-0.3, -0.25) is 0 Å². The molecule has 7 nitrogen and oxygen atoms in total. The smallest absolute Gasteiger partial charge is 0.376 e. The van der Waals surface area contributed by atoms with Gasteiger partial charge in [0.05, 0.1) is 18.5 Å². The molecule has 0 saturated heterocycles. The fraction of sp³-hybridized carbons (Fsp3) is 0.455. The van der Waals surface area contributed by atoms with Gasteiger partial charge in [-0.25, -0.2) is 19.4 Å². The van der Waals surface area contributed by atoms with Gasteiger partial charge >= 0.3 is 5.97 Å². The van der Waals surface area contributed by atoms with E-state index in [-0.39, 0.29) is 11.9 Å². The first kappa shape index (κ1) is 15.4. The largest absolute Gasteiger partial charge is 0.463 e. The number of hydrogen-bond acceptors (Lipinski definition) is 7. The zero-order chi connectivity index (χ0) is 14.9. The number of nitrogens with zero attached hydrogens (tertiary/aromatic N) is 4. The normalized spacial score (nSPS) is 12.7. The van der Waals surface area contributed by atoms with Crippen LogP contribution in [0.4, 0.5) is 0 Å². The highest BCUT2D eigenvalue weighted by atomic mass is 127. The van der Waals surface area contributed by atoms with Crippen molar-refractivity contribution in [3.63, 3.8) is 0 Å². The minimum Gasteiger partial charge on any atom is -0.463 e. The number of halogens is 1. The molecule has 2 heterocycles. The molecule has 2 rings (SSSR count). The zero-order valence-electron chi connectivity index (χ0n) is 11.3. The summed E-state index contributed by atoms with van der Waals surface area (Å²) in [7, 11) is 1.30. The first-order chi connectivity index (χ1) is 9.53. The summed E-state index contributed by atoms with van der Waals surface area (Å²) in [5.74, 6) is -0.531. The van der Waals surface area contributed by atoms with Crippen molar-refractivity contribution < 1.29 is 9.53 Å². The Balaban J connectivity index is 2.76. The maximum absolute atomic E-state index is 11.7. The predicted octanol–water partition coefficient (Wildman–Crippen LogP) is 1.46. The minimum atomic E-state index is -0.564. The summed E-state index contributed by atoms with van der Waals surface area (Å²) in [6.07, 6.45) is 1.89. The Morgan fingerprint density at radius 1 is 1.55 bits per heavy atom. The third-order valence-electron chi connectivity index (χ3n) is 2.80. The highest BCUT2D eigenvalue weighted by Gasteiger charge is 2.21. The lowest BCUT2D eigenvalue weighted by Crippen LogP contribution is -2.18. The number of rotatable bonds is 4. The van der Waals surface area contributed by atoms with Crippen molar-refractivity contribution in [3.8, 4) is 0 Å². The average molecular weight is 407 g/mol. The second-order valence-electron chi connectivity index (χ2n) is 4.07. The number of methoxy groups -OCH3 is 1. The maximum atomic E-state index is 11.7. The molecule has 0 amide bonds. The molecule has 0 unspecified atom stereocenters. The summed E-state index contributed by atoms with van der Waals surface area (Å²) in [6.45, 7) is 2.38. The molecule has 0 bridgehead atoms. The van der Waals surface area contributed by atoms with Crippen LogP contribution in [0, 0.1) is 3.70 Å². The fourth-order valence-electron chi connectivity index (χ4n) is 1.70. The highest BCUT2D eigenvalue weighted by Crippen LogP contribution is 2.29. The van der Waals surface area contributed by atoms with E-state index in [1.54, 1.807) is 4.68 Å². The monoisotopic (exact) mass is 407 g/mol. The molecule has 0 saturated carbocycles. The Labute approximate surface area is 133 Å². The van der Waals surface area contributed by atoms with E-state index < -0.39 is 5.97 Å². The second kappa shape index (κ2) is 6.22. The Hall–Kier alpha value is -0.940. The summed E-state index contributed by atoms with van der Waals surface area (Å²) in [5.41, 5.74) is 6.30. The predicted molar refractivity (Wildman–Crippen MR) is 84.9 cm³/mol. The summed E-state index contributed by atoms with van der Waals surface area (Å²) >= 11 is 3.57. The van der Waals surface area contributed by atoms with Crippen molar-refractivity contribution in [2.24, 2.45) is 5.73 Å². The van der Waals surface area contributed by atoms with Crippen LogP contribution in [0.15, 0.2) is 5.03 Å². The third kappa shape index (κ3) is 2.61. The number of fused-ring (bicyclic) bond motifs is 1. The van der Waals surface area contributed by atoms with Gasteiger partial charge in [-0.2, -0.15) is 5.10 Å². The van der Waals surface area contributed by atoms with Crippen LogP contribution in [0.2, 0.25) is 0 Å². The zero-order valence-corrected chi connectivity index (χ0v) is 14.2. The summed E-state index contributed by atoms with van der Waals surface area (Å²) in [5, 5.41) is 5.99. The van der Waals surface area contributed by atoms with Gasteiger partial charge in [-0.15, -0.1) is 11.8 Å². The SMILES string of the molecule is COC(=O)c1nc(SC)c2c(I)nn([C@@H](C)CN)c2n1. The Bertz CT molecular complexity index is 660. The lowest BCUT2D eigenvalue weighted by Gasteiger charge is -2.10. The standard InChI is InChI=1S/C11H14IN5O2S/c1-5(4-13)17-9-6(7(12)16-17)10(20-3)15-8(14-9)11(18)19-2/h5H,4,13H2,1-3H3/t5-/m0/s1. The Morgan fingerprint density at radius 2 is 2.25 bits per heavy atom. The minimum absolute atomic E-state index is 0.0175. The van der Waals surface area contributed by atoms with Crippen LogP contribution in [-0.4, -0.2) is 45.6 Å². The number of nitrogens with two attached hydrogens (primary N) is 1. The number of thioether (sulfide) groups is 1. The van der Waals surface area contributed by atoms with Gasteiger partial charge < -0.3 is 10.5 Å². The first-order valence-electron chi connectivity index (χ1n) is 5.81. The molecule has 2 aromatic rings. The van der Waals surface area contributed by atoms with E-state index in [2.05, 4.69) is 42.4 Å². The van der Waals surface area contributed by atoms with Gasteiger partial charge in [0.15, 0.2) is 5.65 Å². The third-order valence-corrected chi connectivity index (χ3v) is 4.23.